The van der Waals surface area contributed by atoms with Crippen LogP contribution in [0.25, 0.3) is 0 Å². The molecule has 1 aliphatic heterocycles. The molecule has 2 heteroatoms. The van der Waals surface area contributed by atoms with Gasteiger partial charge in [0.2, 0.25) is 0 Å². The highest BCUT2D eigenvalue weighted by molar-refractivity contribution is 4.80. The molecule has 1 saturated heterocycles. The number of ether oxygens (including phenoxy) is 2. The van der Waals surface area contributed by atoms with Crippen molar-refractivity contribution in [2.45, 2.75) is 64.3 Å². The fourth-order valence-electron chi connectivity index (χ4n) is 1.85. The molecule has 1 heterocycles. The highest BCUT2D eigenvalue weighted by Crippen LogP contribution is 2.18. The molecule has 0 spiro atoms. The molecular formula is C13H24O2. The Hall–Kier alpha value is -0.340. The third kappa shape index (κ3) is 5.33. The van der Waals surface area contributed by atoms with Crippen LogP contribution < -0.4 is 0 Å². The van der Waals surface area contributed by atoms with Crippen molar-refractivity contribution in [3.63, 3.8) is 0 Å². The number of hydrogen-bond donors (Lipinski definition) is 0. The predicted octanol–water partition coefficient (Wildman–Crippen LogP) is 3.66. The van der Waals surface area contributed by atoms with Gasteiger partial charge in [0.15, 0.2) is 6.29 Å². The summed E-state index contributed by atoms with van der Waals surface area (Å²) in [4.78, 5) is 0. The van der Waals surface area contributed by atoms with Gasteiger partial charge in [0, 0.05) is 6.61 Å². The van der Waals surface area contributed by atoms with Gasteiger partial charge in [-0.25, -0.2) is 0 Å². The minimum Gasteiger partial charge on any atom is -0.353 e. The van der Waals surface area contributed by atoms with Crippen LogP contribution in [0.1, 0.15) is 51.9 Å². The first-order chi connectivity index (χ1) is 7.36. The Kier molecular flexibility index (Phi) is 6.69. The zero-order valence-electron chi connectivity index (χ0n) is 9.91. The van der Waals surface area contributed by atoms with E-state index in [9.17, 15) is 0 Å². The fourth-order valence-corrected chi connectivity index (χ4v) is 1.85. The maximum Gasteiger partial charge on any atom is 0.158 e. The van der Waals surface area contributed by atoms with Crippen molar-refractivity contribution in [1.82, 2.24) is 0 Å². The Morgan fingerprint density at radius 3 is 2.93 bits per heavy atom. The highest BCUT2D eigenvalue weighted by atomic mass is 16.7. The second kappa shape index (κ2) is 7.89. The summed E-state index contributed by atoms with van der Waals surface area (Å²) in [5, 5.41) is 0. The van der Waals surface area contributed by atoms with E-state index in [0.29, 0.717) is 0 Å². The van der Waals surface area contributed by atoms with Crippen molar-refractivity contribution in [2.24, 2.45) is 0 Å². The van der Waals surface area contributed by atoms with Gasteiger partial charge in [-0.1, -0.05) is 32.3 Å². The zero-order chi connectivity index (χ0) is 10.9. The SMILES string of the molecule is C=C[C@H](CCCCC)OC1CCCCO1. The molecule has 15 heavy (non-hydrogen) atoms. The topological polar surface area (TPSA) is 18.5 Å². The molecular weight excluding hydrogens is 188 g/mol. The normalized spacial score (nSPS) is 23.7. The van der Waals surface area contributed by atoms with Gasteiger partial charge in [-0.05, 0) is 25.7 Å². The average Bonchev–Trinajstić information content (AvgIpc) is 2.29. The Balaban J connectivity index is 2.16. The number of rotatable bonds is 7. The van der Waals surface area contributed by atoms with E-state index in [1.165, 1.54) is 32.1 Å². The van der Waals surface area contributed by atoms with E-state index in [-0.39, 0.29) is 12.4 Å². The van der Waals surface area contributed by atoms with E-state index in [2.05, 4.69) is 13.5 Å². The third-order valence-electron chi connectivity index (χ3n) is 2.82. The summed E-state index contributed by atoms with van der Waals surface area (Å²) in [7, 11) is 0. The summed E-state index contributed by atoms with van der Waals surface area (Å²) in [6.07, 6.45) is 10.4. The number of unbranched alkanes of at least 4 members (excludes halogenated alkanes) is 2. The maximum absolute atomic E-state index is 5.85. The standard InChI is InChI=1S/C13H24O2/c1-3-5-6-9-12(4-2)15-13-10-7-8-11-14-13/h4,12-13H,2-3,5-11H2,1H3/t12-,13?/m1/s1. The van der Waals surface area contributed by atoms with E-state index < -0.39 is 0 Å². The molecule has 0 amide bonds. The molecule has 0 bridgehead atoms. The Morgan fingerprint density at radius 2 is 2.33 bits per heavy atom. The summed E-state index contributed by atoms with van der Waals surface area (Å²) in [5.74, 6) is 0. The van der Waals surface area contributed by atoms with E-state index in [0.717, 1.165) is 19.4 Å². The Morgan fingerprint density at radius 1 is 1.47 bits per heavy atom. The maximum atomic E-state index is 5.85. The van der Waals surface area contributed by atoms with Crippen LogP contribution in [0.3, 0.4) is 0 Å². The van der Waals surface area contributed by atoms with Gasteiger partial charge < -0.3 is 9.47 Å². The van der Waals surface area contributed by atoms with Crippen molar-refractivity contribution in [1.29, 1.82) is 0 Å². The molecule has 1 rings (SSSR count). The average molecular weight is 212 g/mol. The molecule has 0 radical (unpaired) electrons. The van der Waals surface area contributed by atoms with Crippen LogP contribution in [0.4, 0.5) is 0 Å². The van der Waals surface area contributed by atoms with Crippen molar-refractivity contribution < 1.29 is 9.47 Å². The molecule has 2 nitrogen and oxygen atoms in total. The van der Waals surface area contributed by atoms with Crippen LogP contribution in [0.15, 0.2) is 12.7 Å². The molecule has 1 unspecified atom stereocenters. The van der Waals surface area contributed by atoms with E-state index >= 15 is 0 Å². The highest BCUT2D eigenvalue weighted by Gasteiger charge is 2.17. The molecule has 0 N–H and O–H groups in total. The minimum absolute atomic E-state index is 0.0170. The lowest BCUT2D eigenvalue weighted by Gasteiger charge is -2.26. The number of hydrogen-bond acceptors (Lipinski definition) is 2. The van der Waals surface area contributed by atoms with E-state index in [4.69, 9.17) is 9.47 Å². The second-order valence-corrected chi connectivity index (χ2v) is 4.20. The van der Waals surface area contributed by atoms with Crippen molar-refractivity contribution in [2.75, 3.05) is 6.61 Å². The van der Waals surface area contributed by atoms with Crippen molar-refractivity contribution >= 4 is 0 Å². The van der Waals surface area contributed by atoms with Crippen molar-refractivity contribution in [3.05, 3.63) is 12.7 Å². The first kappa shape index (κ1) is 12.7. The van der Waals surface area contributed by atoms with Gasteiger partial charge in [0.1, 0.15) is 0 Å². The Labute approximate surface area is 93.7 Å². The van der Waals surface area contributed by atoms with Crippen LogP contribution in [0, 0.1) is 0 Å². The van der Waals surface area contributed by atoms with Crippen LogP contribution in [0.5, 0.6) is 0 Å². The van der Waals surface area contributed by atoms with Crippen LogP contribution >= 0.6 is 0 Å². The third-order valence-corrected chi connectivity index (χ3v) is 2.82. The summed E-state index contributed by atoms with van der Waals surface area (Å²) < 4.78 is 11.4. The zero-order valence-corrected chi connectivity index (χ0v) is 9.91. The smallest absolute Gasteiger partial charge is 0.158 e. The quantitative estimate of drug-likeness (QED) is 0.473. The van der Waals surface area contributed by atoms with Gasteiger partial charge in [-0.2, -0.15) is 0 Å². The van der Waals surface area contributed by atoms with Crippen LogP contribution in [0.2, 0.25) is 0 Å². The van der Waals surface area contributed by atoms with Gasteiger partial charge in [-0.3, -0.25) is 0 Å². The molecule has 1 fully saturated rings. The van der Waals surface area contributed by atoms with Gasteiger partial charge in [0.05, 0.1) is 6.10 Å². The summed E-state index contributed by atoms with van der Waals surface area (Å²) in [5.41, 5.74) is 0. The first-order valence-corrected chi connectivity index (χ1v) is 6.26. The monoisotopic (exact) mass is 212 g/mol. The summed E-state index contributed by atoms with van der Waals surface area (Å²) in [6, 6.07) is 0. The lowest BCUT2D eigenvalue weighted by atomic mass is 10.1. The van der Waals surface area contributed by atoms with E-state index in [1.807, 2.05) is 6.08 Å². The lowest BCUT2D eigenvalue weighted by molar-refractivity contribution is -0.179. The lowest BCUT2D eigenvalue weighted by Crippen LogP contribution is -2.26. The fraction of sp³-hybridized carbons (Fsp3) is 0.846. The predicted molar refractivity (Wildman–Crippen MR) is 62.8 cm³/mol. The minimum atomic E-state index is 0.0170. The summed E-state index contributed by atoms with van der Waals surface area (Å²) >= 11 is 0. The van der Waals surface area contributed by atoms with E-state index in [1.54, 1.807) is 0 Å². The first-order valence-electron chi connectivity index (χ1n) is 6.26. The second-order valence-electron chi connectivity index (χ2n) is 4.20. The van der Waals surface area contributed by atoms with Crippen molar-refractivity contribution in [3.8, 4) is 0 Å². The molecule has 0 aromatic heterocycles. The van der Waals surface area contributed by atoms with Crippen LogP contribution in [-0.4, -0.2) is 19.0 Å². The molecule has 0 saturated carbocycles. The molecule has 0 aromatic rings. The Bertz CT molecular complexity index is 162. The molecule has 88 valence electrons. The van der Waals surface area contributed by atoms with Crippen LogP contribution in [-0.2, 0) is 9.47 Å². The van der Waals surface area contributed by atoms with Gasteiger partial charge in [0.25, 0.3) is 0 Å². The molecule has 2 atom stereocenters. The summed E-state index contributed by atoms with van der Waals surface area (Å²) in [6.45, 7) is 6.89. The molecule has 0 aliphatic carbocycles. The van der Waals surface area contributed by atoms with Gasteiger partial charge >= 0.3 is 0 Å². The molecule has 0 aromatic carbocycles. The molecule has 1 aliphatic rings. The van der Waals surface area contributed by atoms with Gasteiger partial charge in [-0.15, -0.1) is 6.58 Å². The largest absolute Gasteiger partial charge is 0.353 e.